The van der Waals surface area contributed by atoms with Crippen molar-refractivity contribution in [1.29, 1.82) is 0 Å². The minimum atomic E-state index is -0.947. The van der Waals surface area contributed by atoms with Crippen LogP contribution in [-0.2, 0) is 24.1 Å². The van der Waals surface area contributed by atoms with Crippen LogP contribution < -0.4 is 0 Å². The van der Waals surface area contributed by atoms with Crippen molar-refractivity contribution < 1.29 is 14.3 Å². The molecule has 3 nitrogen and oxygen atoms in total. The summed E-state index contributed by atoms with van der Waals surface area (Å²) in [5.41, 5.74) is -0.947. The highest BCUT2D eigenvalue weighted by Gasteiger charge is 2.39. The molecule has 0 aliphatic rings. The first-order chi connectivity index (χ1) is 10.6. The van der Waals surface area contributed by atoms with E-state index in [0.717, 1.165) is 9.75 Å². The molecule has 114 valence electrons. The summed E-state index contributed by atoms with van der Waals surface area (Å²) in [4.78, 5) is 14.0. The highest BCUT2D eigenvalue weighted by atomic mass is 32.1. The lowest BCUT2D eigenvalue weighted by molar-refractivity contribution is -0.149. The van der Waals surface area contributed by atoms with Gasteiger partial charge >= 0.3 is 5.97 Å². The highest BCUT2D eigenvalue weighted by molar-refractivity contribution is 7.12. The summed E-state index contributed by atoms with van der Waals surface area (Å²) in [6, 6.07) is 7.50. The molecule has 2 aromatic rings. The average Bonchev–Trinajstić information content (AvgIpc) is 3.11. The molecule has 1 unspecified atom stereocenters. The lowest BCUT2D eigenvalue weighted by Gasteiger charge is -2.27. The maximum atomic E-state index is 12.0. The topological polar surface area (TPSA) is 50.4 Å². The van der Waals surface area contributed by atoms with Gasteiger partial charge in [0.15, 0.2) is 0 Å². The third-order valence-electron chi connectivity index (χ3n) is 3.59. The molecule has 4 heteroatoms. The van der Waals surface area contributed by atoms with Crippen molar-refractivity contribution in [3.63, 3.8) is 0 Å². The first-order valence-corrected chi connectivity index (χ1v) is 7.79. The number of aliphatic carboxylic acids is 1. The number of terminal acetylenes is 1. The molecule has 0 aliphatic carbocycles. The highest BCUT2D eigenvalue weighted by Crippen LogP contribution is 2.35. The van der Waals surface area contributed by atoms with Crippen molar-refractivity contribution in [2.24, 2.45) is 5.41 Å². The Labute approximate surface area is 134 Å². The number of carboxylic acids is 1. The molecule has 0 aliphatic heterocycles. The first-order valence-electron chi connectivity index (χ1n) is 6.97. The minimum Gasteiger partial charge on any atom is -0.481 e. The standard InChI is InChI=1S/C18H18O3S/c1-3-6-15-8-9-16(22-15)13-18(10-4-2,17(19)20)12-14-7-5-11-21-14/h1,4-5,7-9,11H,2,6,10,12-13H2,(H,19,20). The molecule has 0 amide bonds. The number of hydrogen-bond donors (Lipinski definition) is 1. The van der Waals surface area contributed by atoms with E-state index in [9.17, 15) is 9.90 Å². The predicted octanol–water partition coefficient (Wildman–Crippen LogP) is 3.95. The van der Waals surface area contributed by atoms with Crippen molar-refractivity contribution in [2.45, 2.75) is 25.7 Å². The number of thiophene rings is 1. The SMILES string of the molecule is C#CCc1ccc(CC(CC=C)(Cc2ccco2)C(=O)O)s1. The van der Waals surface area contributed by atoms with Crippen LogP contribution in [-0.4, -0.2) is 11.1 Å². The Bertz CT molecular complexity index is 676. The number of hydrogen-bond acceptors (Lipinski definition) is 3. The van der Waals surface area contributed by atoms with Crippen LogP contribution in [0.4, 0.5) is 0 Å². The third kappa shape index (κ3) is 3.69. The van der Waals surface area contributed by atoms with Crippen LogP contribution in [0.25, 0.3) is 0 Å². The van der Waals surface area contributed by atoms with Crippen LogP contribution in [0.1, 0.15) is 21.9 Å². The molecule has 0 saturated carbocycles. The zero-order chi connectivity index (χ0) is 16.0. The zero-order valence-electron chi connectivity index (χ0n) is 12.2. The molecular formula is C18H18O3S. The Morgan fingerprint density at radius 2 is 2.18 bits per heavy atom. The summed E-state index contributed by atoms with van der Waals surface area (Å²) in [7, 11) is 0. The molecule has 2 rings (SSSR count). The molecular weight excluding hydrogens is 296 g/mol. The Morgan fingerprint density at radius 3 is 2.77 bits per heavy atom. The van der Waals surface area contributed by atoms with Gasteiger partial charge in [-0.05, 0) is 37.1 Å². The van der Waals surface area contributed by atoms with E-state index >= 15 is 0 Å². The van der Waals surface area contributed by atoms with Gasteiger partial charge in [-0.3, -0.25) is 4.79 Å². The van der Waals surface area contributed by atoms with Crippen LogP contribution >= 0.6 is 11.3 Å². The lowest BCUT2D eigenvalue weighted by atomic mass is 9.77. The maximum Gasteiger partial charge on any atom is 0.310 e. The quantitative estimate of drug-likeness (QED) is 0.593. The van der Waals surface area contributed by atoms with Gasteiger partial charge < -0.3 is 9.52 Å². The van der Waals surface area contributed by atoms with Crippen LogP contribution in [0.5, 0.6) is 0 Å². The van der Waals surface area contributed by atoms with Crippen molar-refractivity contribution in [3.8, 4) is 12.3 Å². The number of allylic oxidation sites excluding steroid dienone is 1. The fourth-order valence-corrected chi connectivity index (χ4v) is 3.63. The van der Waals surface area contributed by atoms with Gasteiger partial charge in [0.05, 0.1) is 11.7 Å². The van der Waals surface area contributed by atoms with Gasteiger partial charge in [0.2, 0.25) is 0 Å². The van der Waals surface area contributed by atoms with E-state index < -0.39 is 11.4 Å². The van der Waals surface area contributed by atoms with E-state index in [-0.39, 0.29) is 0 Å². The minimum absolute atomic E-state index is 0.337. The maximum absolute atomic E-state index is 12.0. The fourth-order valence-electron chi connectivity index (χ4n) is 2.51. The Hall–Kier alpha value is -2.25. The van der Waals surface area contributed by atoms with Crippen LogP contribution in [0, 0.1) is 17.8 Å². The second-order valence-corrected chi connectivity index (χ2v) is 6.51. The summed E-state index contributed by atoms with van der Waals surface area (Å²) in [6.07, 6.45) is 10.3. The summed E-state index contributed by atoms with van der Waals surface area (Å²) in [5, 5.41) is 9.81. The van der Waals surface area contributed by atoms with Crippen molar-refractivity contribution in [3.05, 3.63) is 58.7 Å². The summed E-state index contributed by atoms with van der Waals surface area (Å²) in [6.45, 7) is 3.72. The van der Waals surface area contributed by atoms with Gasteiger partial charge in [-0.25, -0.2) is 0 Å². The number of rotatable bonds is 8. The monoisotopic (exact) mass is 314 g/mol. The average molecular weight is 314 g/mol. The van der Waals surface area contributed by atoms with E-state index in [1.807, 2.05) is 12.1 Å². The molecule has 0 saturated heterocycles. The molecule has 0 fully saturated rings. The van der Waals surface area contributed by atoms with Crippen molar-refractivity contribution in [2.75, 3.05) is 0 Å². The molecule has 22 heavy (non-hydrogen) atoms. The molecule has 1 atom stereocenters. The van der Waals surface area contributed by atoms with Crippen LogP contribution in [0.15, 0.2) is 47.6 Å². The largest absolute Gasteiger partial charge is 0.481 e. The van der Waals surface area contributed by atoms with Gasteiger partial charge in [0.25, 0.3) is 0 Å². The molecule has 2 aromatic heterocycles. The third-order valence-corrected chi connectivity index (χ3v) is 4.67. The predicted molar refractivity (Wildman–Crippen MR) is 87.9 cm³/mol. The zero-order valence-corrected chi connectivity index (χ0v) is 13.1. The Morgan fingerprint density at radius 1 is 1.41 bits per heavy atom. The number of carboxylic acid groups (broad SMARTS) is 1. The molecule has 0 spiro atoms. The Kier molecular flexibility index (Phi) is 5.24. The second-order valence-electron chi connectivity index (χ2n) is 5.26. The number of furan rings is 1. The van der Waals surface area contributed by atoms with E-state index in [0.29, 0.717) is 31.4 Å². The van der Waals surface area contributed by atoms with E-state index in [1.165, 1.54) is 0 Å². The molecule has 0 aromatic carbocycles. The summed E-state index contributed by atoms with van der Waals surface area (Å²) < 4.78 is 5.35. The van der Waals surface area contributed by atoms with Crippen molar-refractivity contribution in [1.82, 2.24) is 0 Å². The summed E-state index contributed by atoms with van der Waals surface area (Å²) in [5.74, 6) is 2.44. The fraction of sp³-hybridized carbons (Fsp3) is 0.278. The molecule has 2 heterocycles. The van der Waals surface area contributed by atoms with Gasteiger partial charge in [0, 0.05) is 22.6 Å². The second kappa shape index (κ2) is 7.15. The molecule has 0 radical (unpaired) electrons. The van der Waals surface area contributed by atoms with Gasteiger partial charge in [0.1, 0.15) is 5.76 Å². The Balaban J connectivity index is 2.27. The number of carbonyl (C=O) groups is 1. The van der Waals surface area contributed by atoms with Gasteiger partial charge in [-0.1, -0.05) is 6.08 Å². The van der Waals surface area contributed by atoms with Gasteiger partial charge in [-0.2, -0.15) is 0 Å². The smallest absolute Gasteiger partial charge is 0.310 e. The summed E-state index contributed by atoms with van der Waals surface area (Å²) >= 11 is 1.57. The van der Waals surface area contributed by atoms with E-state index in [4.69, 9.17) is 10.8 Å². The lowest BCUT2D eigenvalue weighted by Crippen LogP contribution is -2.35. The van der Waals surface area contributed by atoms with Crippen LogP contribution in [0.2, 0.25) is 0 Å². The van der Waals surface area contributed by atoms with Gasteiger partial charge in [-0.15, -0.1) is 30.3 Å². The van der Waals surface area contributed by atoms with Crippen molar-refractivity contribution >= 4 is 17.3 Å². The van der Waals surface area contributed by atoms with E-state index in [1.54, 1.807) is 35.8 Å². The van der Waals surface area contributed by atoms with Crippen LogP contribution in [0.3, 0.4) is 0 Å². The normalized spacial score (nSPS) is 13.2. The first kappa shape index (κ1) is 16.1. The molecule has 1 N–H and O–H groups in total. The van der Waals surface area contributed by atoms with E-state index in [2.05, 4.69) is 12.5 Å². The molecule has 0 bridgehead atoms.